The molecule has 0 aliphatic rings. The van der Waals surface area contributed by atoms with Gasteiger partial charge >= 0.3 is 0 Å². The first kappa shape index (κ1) is 16.3. The molecule has 1 amide bonds. The molecule has 3 nitrogen and oxygen atoms in total. The number of halogens is 2. The number of anilines is 2. The molecule has 2 aromatic rings. The van der Waals surface area contributed by atoms with E-state index in [4.69, 9.17) is 11.6 Å². The summed E-state index contributed by atoms with van der Waals surface area (Å²) in [6.07, 6.45) is 0. The predicted octanol–water partition coefficient (Wildman–Crippen LogP) is 4.65. The van der Waals surface area contributed by atoms with Gasteiger partial charge in [0, 0.05) is 11.4 Å². The summed E-state index contributed by atoms with van der Waals surface area (Å²) in [5.74, 6) is -0.265. The molecule has 116 valence electrons. The summed E-state index contributed by atoms with van der Waals surface area (Å²) >= 11 is 5.67. The molecule has 22 heavy (non-hydrogen) atoms. The lowest BCUT2D eigenvalue weighted by Gasteiger charge is -2.10. The maximum atomic E-state index is 13.0. The van der Waals surface area contributed by atoms with E-state index in [1.54, 1.807) is 0 Å². The Morgan fingerprint density at radius 2 is 1.77 bits per heavy atom. The summed E-state index contributed by atoms with van der Waals surface area (Å²) in [4.78, 5) is 11.8. The Morgan fingerprint density at radius 3 is 2.36 bits per heavy atom. The van der Waals surface area contributed by atoms with Gasteiger partial charge in [-0.15, -0.1) is 0 Å². The third-order valence-electron chi connectivity index (χ3n) is 3.23. The van der Waals surface area contributed by atoms with Gasteiger partial charge in [0.1, 0.15) is 5.82 Å². The van der Waals surface area contributed by atoms with Crippen molar-refractivity contribution in [2.45, 2.75) is 19.8 Å². The monoisotopic (exact) mass is 320 g/mol. The zero-order valence-corrected chi connectivity index (χ0v) is 13.2. The van der Waals surface area contributed by atoms with E-state index in [1.165, 1.54) is 23.8 Å². The van der Waals surface area contributed by atoms with Crippen molar-refractivity contribution in [2.75, 3.05) is 17.2 Å². The lowest BCUT2D eigenvalue weighted by Crippen LogP contribution is -2.21. The highest BCUT2D eigenvalue weighted by atomic mass is 35.5. The number of amides is 1. The molecule has 0 saturated carbocycles. The molecule has 2 rings (SSSR count). The molecule has 2 N–H and O–H groups in total. The molecule has 0 heterocycles. The molecule has 2 aromatic carbocycles. The van der Waals surface area contributed by atoms with Crippen LogP contribution in [0.3, 0.4) is 0 Å². The van der Waals surface area contributed by atoms with Crippen LogP contribution in [0, 0.1) is 5.82 Å². The number of carbonyl (C=O) groups excluding carboxylic acids is 1. The highest BCUT2D eigenvalue weighted by Gasteiger charge is 2.05. The van der Waals surface area contributed by atoms with E-state index in [0.717, 1.165) is 5.69 Å². The van der Waals surface area contributed by atoms with Crippen LogP contribution in [0.25, 0.3) is 0 Å². The number of benzene rings is 2. The van der Waals surface area contributed by atoms with Gasteiger partial charge in [-0.25, -0.2) is 4.39 Å². The van der Waals surface area contributed by atoms with Crippen molar-refractivity contribution in [3.05, 3.63) is 58.9 Å². The second-order valence-electron chi connectivity index (χ2n) is 5.31. The number of rotatable bonds is 5. The minimum absolute atomic E-state index is 0.0185. The van der Waals surface area contributed by atoms with E-state index >= 15 is 0 Å². The second-order valence-corrected chi connectivity index (χ2v) is 5.71. The first-order valence-electron chi connectivity index (χ1n) is 7.04. The highest BCUT2D eigenvalue weighted by Crippen LogP contribution is 2.19. The predicted molar refractivity (Wildman–Crippen MR) is 89.1 cm³/mol. The quantitative estimate of drug-likeness (QED) is 0.841. The largest absolute Gasteiger partial charge is 0.376 e. The van der Waals surface area contributed by atoms with Gasteiger partial charge in [-0.1, -0.05) is 37.6 Å². The molecule has 0 radical (unpaired) electrons. The fourth-order valence-corrected chi connectivity index (χ4v) is 2.13. The second kappa shape index (κ2) is 7.27. The zero-order valence-electron chi connectivity index (χ0n) is 12.5. The van der Waals surface area contributed by atoms with E-state index in [1.807, 2.05) is 24.3 Å². The van der Waals surface area contributed by atoms with Crippen LogP contribution in [0.15, 0.2) is 42.5 Å². The van der Waals surface area contributed by atoms with E-state index in [0.29, 0.717) is 11.6 Å². The molecule has 0 atom stereocenters. The summed E-state index contributed by atoms with van der Waals surface area (Å²) in [5, 5.41) is 5.68. The summed E-state index contributed by atoms with van der Waals surface area (Å²) < 4.78 is 13.0. The van der Waals surface area contributed by atoms with Crippen molar-refractivity contribution < 1.29 is 9.18 Å². The average Bonchev–Trinajstić information content (AvgIpc) is 2.49. The molecule has 0 fully saturated rings. The van der Waals surface area contributed by atoms with Crippen LogP contribution in [0.5, 0.6) is 0 Å². The molecule has 0 aliphatic heterocycles. The van der Waals surface area contributed by atoms with Crippen molar-refractivity contribution in [2.24, 2.45) is 0 Å². The van der Waals surface area contributed by atoms with Crippen LogP contribution >= 0.6 is 11.6 Å². The number of nitrogens with one attached hydrogen (secondary N) is 2. The normalized spacial score (nSPS) is 10.6. The SMILES string of the molecule is CC(C)c1ccc(NCC(=O)Nc2ccc(F)c(Cl)c2)cc1. The van der Waals surface area contributed by atoms with Gasteiger partial charge in [0.2, 0.25) is 5.91 Å². The Morgan fingerprint density at radius 1 is 1.14 bits per heavy atom. The fraction of sp³-hybridized carbons (Fsp3) is 0.235. The third-order valence-corrected chi connectivity index (χ3v) is 3.52. The highest BCUT2D eigenvalue weighted by molar-refractivity contribution is 6.31. The standard InChI is InChI=1S/C17H18ClFN2O/c1-11(2)12-3-5-13(6-4-12)20-10-17(22)21-14-7-8-16(19)15(18)9-14/h3-9,11,20H,10H2,1-2H3,(H,21,22). The molecule has 0 spiro atoms. The van der Waals surface area contributed by atoms with Crippen molar-refractivity contribution >= 4 is 28.9 Å². The van der Waals surface area contributed by atoms with Gasteiger partial charge < -0.3 is 10.6 Å². The van der Waals surface area contributed by atoms with Crippen LogP contribution < -0.4 is 10.6 Å². The summed E-state index contributed by atoms with van der Waals surface area (Å²) in [6.45, 7) is 4.38. The van der Waals surface area contributed by atoms with Crippen molar-refractivity contribution in [1.82, 2.24) is 0 Å². The van der Waals surface area contributed by atoms with Crippen LogP contribution in [-0.2, 0) is 4.79 Å². The molecule has 0 aliphatic carbocycles. The van der Waals surface area contributed by atoms with Gasteiger partial charge in [0.15, 0.2) is 0 Å². The van der Waals surface area contributed by atoms with E-state index in [2.05, 4.69) is 24.5 Å². The average molecular weight is 321 g/mol. The molecule has 0 unspecified atom stereocenters. The van der Waals surface area contributed by atoms with Crippen molar-refractivity contribution in [3.8, 4) is 0 Å². The summed E-state index contributed by atoms with van der Waals surface area (Å²) in [7, 11) is 0. The molecular weight excluding hydrogens is 303 g/mol. The smallest absolute Gasteiger partial charge is 0.243 e. The topological polar surface area (TPSA) is 41.1 Å². The fourth-order valence-electron chi connectivity index (χ4n) is 1.95. The molecule has 5 heteroatoms. The first-order valence-corrected chi connectivity index (χ1v) is 7.42. The van der Waals surface area contributed by atoms with Gasteiger partial charge in [-0.3, -0.25) is 4.79 Å². The lowest BCUT2D eigenvalue weighted by molar-refractivity contribution is -0.114. The minimum Gasteiger partial charge on any atom is -0.376 e. The zero-order chi connectivity index (χ0) is 16.1. The lowest BCUT2D eigenvalue weighted by atomic mass is 10.0. The molecule has 0 saturated heterocycles. The molecule has 0 bridgehead atoms. The maximum Gasteiger partial charge on any atom is 0.243 e. The van der Waals surface area contributed by atoms with Crippen molar-refractivity contribution in [1.29, 1.82) is 0 Å². The Hall–Kier alpha value is -2.07. The summed E-state index contributed by atoms with van der Waals surface area (Å²) in [6, 6.07) is 12.0. The molecule has 0 aromatic heterocycles. The van der Waals surface area contributed by atoms with E-state index in [9.17, 15) is 9.18 Å². The Balaban J connectivity index is 1.88. The van der Waals surface area contributed by atoms with Crippen LogP contribution in [0.2, 0.25) is 5.02 Å². The number of hydrogen-bond donors (Lipinski definition) is 2. The van der Waals surface area contributed by atoms with Crippen LogP contribution in [0.4, 0.5) is 15.8 Å². The number of hydrogen-bond acceptors (Lipinski definition) is 2. The Labute approximate surface area is 134 Å². The van der Waals surface area contributed by atoms with Gasteiger partial charge in [-0.2, -0.15) is 0 Å². The van der Waals surface area contributed by atoms with Gasteiger partial charge in [-0.05, 0) is 41.8 Å². The maximum absolute atomic E-state index is 13.0. The first-order chi connectivity index (χ1) is 10.5. The van der Waals surface area contributed by atoms with E-state index < -0.39 is 5.82 Å². The van der Waals surface area contributed by atoms with Crippen LogP contribution in [-0.4, -0.2) is 12.5 Å². The van der Waals surface area contributed by atoms with Crippen LogP contribution in [0.1, 0.15) is 25.3 Å². The minimum atomic E-state index is -0.511. The number of carbonyl (C=O) groups is 1. The van der Waals surface area contributed by atoms with Gasteiger partial charge in [0.25, 0.3) is 0 Å². The molecular formula is C17H18ClFN2O. The Bertz CT molecular complexity index is 656. The van der Waals surface area contributed by atoms with Gasteiger partial charge in [0.05, 0.1) is 11.6 Å². The summed E-state index contributed by atoms with van der Waals surface area (Å²) in [5.41, 5.74) is 2.58. The van der Waals surface area contributed by atoms with Crippen molar-refractivity contribution in [3.63, 3.8) is 0 Å². The Kier molecular flexibility index (Phi) is 5.39. The third kappa shape index (κ3) is 4.46. The van der Waals surface area contributed by atoms with E-state index in [-0.39, 0.29) is 17.5 Å².